The molecule has 0 bridgehead atoms. The summed E-state index contributed by atoms with van der Waals surface area (Å²) in [6.07, 6.45) is 4.08. The van der Waals surface area contributed by atoms with Crippen LogP contribution in [-0.4, -0.2) is 77.2 Å². The lowest BCUT2D eigenvalue weighted by Gasteiger charge is -2.35. The van der Waals surface area contributed by atoms with Gasteiger partial charge in [-0.25, -0.2) is 0 Å². The molecular formula is C34H43N5O4. The molecule has 0 radical (unpaired) electrons. The first-order valence-corrected chi connectivity index (χ1v) is 14.3. The minimum Gasteiger partial charge on any atom is -0.332 e. The van der Waals surface area contributed by atoms with E-state index in [1.807, 2.05) is 86.6 Å². The molecular weight excluding hydrogens is 542 g/mol. The summed E-state index contributed by atoms with van der Waals surface area (Å²) in [5, 5.41) is 3.18. The van der Waals surface area contributed by atoms with Gasteiger partial charge in [-0.2, -0.15) is 0 Å². The average Bonchev–Trinajstić information content (AvgIpc) is 2.97. The number of fused-ring (bicyclic) bond motifs is 1. The Morgan fingerprint density at radius 1 is 0.814 bits per heavy atom. The fourth-order valence-corrected chi connectivity index (χ4v) is 4.66. The van der Waals surface area contributed by atoms with Crippen molar-refractivity contribution in [3.63, 3.8) is 0 Å². The second-order valence-electron chi connectivity index (χ2n) is 11.7. The molecule has 0 aliphatic rings. The molecule has 0 saturated carbocycles. The number of nitrogens with two attached hydrogens (primary N) is 1. The van der Waals surface area contributed by atoms with Gasteiger partial charge in [0.05, 0.1) is 0 Å². The number of carbonyl (C=O) groups excluding carboxylic acids is 4. The first-order valence-electron chi connectivity index (χ1n) is 14.3. The van der Waals surface area contributed by atoms with Crippen molar-refractivity contribution in [2.45, 2.75) is 57.7 Å². The highest BCUT2D eigenvalue weighted by Gasteiger charge is 2.35. The summed E-state index contributed by atoms with van der Waals surface area (Å²) in [6, 6.07) is 21.4. The number of hydrogen-bond donors (Lipinski definition) is 2. The molecule has 0 unspecified atom stereocenters. The van der Waals surface area contributed by atoms with E-state index in [0.717, 1.165) is 26.9 Å². The number of hydrogen-bond acceptors (Lipinski definition) is 5. The van der Waals surface area contributed by atoms with Gasteiger partial charge in [-0.15, -0.1) is 0 Å². The fraction of sp³-hybridized carbons (Fsp3) is 0.353. The van der Waals surface area contributed by atoms with Crippen LogP contribution in [0.4, 0.5) is 0 Å². The van der Waals surface area contributed by atoms with Gasteiger partial charge in [0.15, 0.2) is 0 Å². The second kappa shape index (κ2) is 14.6. The maximum atomic E-state index is 14.3. The molecule has 3 rings (SSSR count). The first kappa shape index (κ1) is 33.0. The van der Waals surface area contributed by atoms with Crippen molar-refractivity contribution in [1.82, 2.24) is 20.2 Å². The SMILES string of the molecule is CC(=O)N(C)NC(=O)[C@@H](Cc1ccccc1)N(C)C(=O)[C@@H](Cc1ccc2ccccc2c1)N(C)C(=O)C=CCC(C)(C)N. The van der Waals surface area contributed by atoms with Crippen LogP contribution in [0.5, 0.6) is 0 Å². The predicted molar refractivity (Wildman–Crippen MR) is 170 cm³/mol. The molecule has 0 heterocycles. The first-order chi connectivity index (χ1) is 20.3. The summed E-state index contributed by atoms with van der Waals surface area (Å²) in [5.41, 5.74) is 9.89. The maximum Gasteiger partial charge on any atom is 0.261 e. The van der Waals surface area contributed by atoms with Crippen LogP contribution in [0.1, 0.15) is 38.3 Å². The Labute approximate surface area is 254 Å². The molecule has 4 amide bonds. The molecule has 0 spiro atoms. The molecule has 3 N–H and O–H groups in total. The monoisotopic (exact) mass is 585 g/mol. The zero-order valence-electron chi connectivity index (χ0n) is 25.9. The van der Waals surface area contributed by atoms with Crippen molar-refractivity contribution in [2.75, 3.05) is 21.1 Å². The zero-order chi connectivity index (χ0) is 31.7. The van der Waals surface area contributed by atoms with Crippen LogP contribution >= 0.6 is 0 Å². The van der Waals surface area contributed by atoms with Gasteiger partial charge in [0.25, 0.3) is 5.91 Å². The molecule has 0 aliphatic carbocycles. The predicted octanol–water partition coefficient (Wildman–Crippen LogP) is 3.47. The van der Waals surface area contributed by atoms with Crippen LogP contribution in [0.15, 0.2) is 84.9 Å². The van der Waals surface area contributed by atoms with E-state index in [4.69, 9.17) is 5.73 Å². The van der Waals surface area contributed by atoms with Gasteiger partial charge in [-0.05, 0) is 48.2 Å². The Bertz CT molecular complexity index is 1460. The Balaban J connectivity index is 1.97. The summed E-state index contributed by atoms with van der Waals surface area (Å²) >= 11 is 0. The van der Waals surface area contributed by atoms with Crippen LogP contribution in [0, 0.1) is 0 Å². The molecule has 9 nitrogen and oxygen atoms in total. The van der Waals surface area contributed by atoms with E-state index in [9.17, 15) is 19.2 Å². The topological polar surface area (TPSA) is 116 Å². The molecule has 9 heteroatoms. The molecule has 0 aromatic heterocycles. The van der Waals surface area contributed by atoms with Crippen molar-refractivity contribution < 1.29 is 19.2 Å². The smallest absolute Gasteiger partial charge is 0.261 e. The lowest BCUT2D eigenvalue weighted by atomic mass is 9.98. The van der Waals surface area contributed by atoms with Crippen molar-refractivity contribution in [3.05, 3.63) is 96.1 Å². The van der Waals surface area contributed by atoms with E-state index in [1.165, 1.54) is 29.8 Å². The fourth-order valence-electron chi connectivity index (χ4n) is 4.66. The van der Waals surface area contributed by atoms with Crippen molar-refractivity contribution >= 4 is 34.4 Å². The van der Waals surface area contributed by atoms with E-state index in [1.54, 1.807) is 20.2 Å². The quantitative estimate of drug-likeness (QED) is 0.264. The molecule has 43 heavy (non-hydrogen) atoms. The minimum atomic E-state index is -0.951. The molecule has 3 aromatic carbocycles. The minimum absolute atomic E-state index is 0.215. The third kappa shape index (κ3) is 9.51. The zero-order valence-corrected chi connectivity index (χ0v) is 25.9. The van der Waals surface area contributed by atoms with Gasteiger partial charge in [0.2, 0.25) is 17.7 Å². The number of rotatable bonds is 11. The Kier molecular flexibility index (Phi) is 11.2. The Morgan fingerprint density at radius 3 is 2.05 bits per heavy atom. The standard InChI is InChI=1S/C34H43N5O4/c1-24(40)39(6)36-32(42)29(22-25-13-8-7-9-14-25)38(5)33(43)30(37(4)31(41)17-12-20-34(2,3)35)23-26-18-19-27-15-10-11-16-28(27)21-26/h7-19,21,29-30H,20,22-23,35H2,1-6H3,(H,36,42)/t29-,30-/m1/s1. The third-order valence-electron chi connectivity index (χ3n) is 7.39. The molecule has 3 aromatic rings. The van der Waals surface area contributed by atoms with E-state index in [2.05, 4.69) is 5.43 Å². The maximum absolute atomic E-state index is 14.3. The lowest BCUT2D eigenvalue weighted by molar-refractivity contribution is -0.148. The number of benzene rings is 3. The largest absolute Gasteiger partial charge is 0.332 e. The van der Waals surface area contributed by atoms with E-state index < -0.39 is 29.4 Å². The molecule has 228 valence electrons. The molecule has 0 aliphatic heterocycles. The Hall–Kier alpha value is -4.50. The van der Waals surface area contributed by atoms with Crippen molar-refractivity contribution in [3.8, 4) is 0 Å². The summed E-state index contributed by atoms with van der Waals surface area (Å²) in [6.45, 7) is 5.07. The van der Waals surface area contributed by atoms with Gasteiger partial charge < -0.3 is 15.5 Å². The van der Waals surface area contributed by atoms with Crippen molar-refractivity contribution in [2.24, 2.45) is 5.73 Å². The van der Waals surface area contributed by atoms with Crippen LogP contribution in [-0.2, 0) is 32.0 Å². The summed E-state index contributed by atoms with van der Waals surface area (Å²) in [4.78, 5) is 55.7. The average molecular weight is 586 g/mol. The Morgan fingerprint density at radius 2 is 1.42 bits per heavy atom. The number of carbonyl (C=O) groups is 4. The van der Waals surface area contributed by atoms with Gasteiger partial charge in [0, 0.05) is 46.4 Å². The van der Waals surface area contributed by atoms with Crippen LogP contribution in [0.3, 0.4) is 0 Å². The van der Waals surface area contributed by atoms with E-state index >= 15 is 0 Å². The van der Waals surface area contributed by atoms with Gasteiger partial charge in [0.1, 0.15) is 12.1 Å². The number of hydrazine groups is 1. The highest BCUT2D eigenvalue weighted by atomic mass is 16.2. The molecule has 2 atom stereocenters. The van der Waals surface area contributed by atoms with Crippen LogP contribution in [0.2, 0.25) is 0 Å². The van der Waals surface area contributed by atoms with Gasteiger partial charge >= 0.3 is 0 Å². The number of nitrogens with zero attached hydrogens (tertiary/aromatic N) is 3. The van der Waals surface area contributed by atoms with E-state index in [-0.39, 0.29) is 24.7 Å². The normalized spacial score (nSPS) is 12.9. The summed E-state index contributed by atoms with van der Waals surface area (Å²) in [5.74, 6) is -1.62. The number of nitrogens with one attached hydrogen (secondary N) is 1. The molecule has 0 fully saturated rings. The van der Waals surface area contributed by atoms with Gasteiger partial charge in [-0.1, -0.05) is 78.9 Å². The second-order valence-corrected chi connectivity index (χ2v) is 11.7. The molecule has 0 saturated heterocycles. The van der Waals surface area contributed by atoms with Gasteiger partial charge in [-0.3, -0.25) is 29.6 Å². The van der Waals surface area contributed by atoms with Crippen molar-refractivity contribution in [1.29, 1.82) is 0 Å². The highest BCUT2D eigenvalue weighted by molar-refractivity contribution is 5.95. The lowest BCUT2D eigenvalue weighted by Crippen LogP contribution is -2.57. The highest BCUT2D eigenvalue weighted by Crippen LogP contribution is 2.20. The van der Waals surface area contributed by atoms with Crippen LogP contribution < -0.4 is 11.2 Å². The summed E-state index contributed by atoms with van der Waals surface area (Å²) in [7, 11) is 4.60. The third-order valence-corrected chi connectivity index (χ3v) is 7.39. The van der Waals surface area contributed by atoms with Crippen LogP contribution in [0.25, 0.3) is 10.8 Å². The number of likely N-dealkylation sites (N-methyl/N-ethyl adjacent to an activating group) is 2. The summed E-state index contributed by atoms with van der Waals surface area (Å²) < 4.78 is 0. The van der Waals surface area contributed by atoms with E-state index in [0.29, 0.717) is 6.42 Å². The number of amides is 4.